The van der Waals surface area contributed by atoms with E-state index >= 15 is 0 Å². The van der Waals surface area contributed by atoms with Gasteiger partial charge in [-0.05, 0) is 68.2 Å². The van der Waals surface area contributed by atoms with Crippen LogP contribution in [0.15, 0.2) is 54.6 Å². The largest absolute Gasteiger partial charge is 0.489 e. The van der Waals surface area contributed by atoms with Crippen molar-refractivity contribution in [3.05, 3.63) is 60.2 Å². The van der Waals surface area contributed by atoms with E-state index in [0.717, 1.165) is 49.5 Å². The van der Waals surface area contributed by atoms with E-state index in [0.29, 0.717) is 19.1 Å². The number of rotatable bonds is 7. The van der Waals surface area contributed by atoms with Crippen molar-refractivity contribution in [3.8, 4) is 5.75 Å². The Kier molecular flexibility index (Phi) is 6.63. The van der Waals surface area contributed by atoms with E-state index in [2.05, 4.69) is 10.2 Å². The van der Waals surface area contributed by atoms with Gasteiger partial charge in [-0.25, -0.2) is 0 Å². The molecule has 0 atom stereocenters. The zero-order valence-electron chi connectivity index (χ0n) is 15.1. The minimum absolute atomic E-state index is 0.0224. The molecule has 0 saturated carbocycles. The zero-order valence-corrected chi connectivity index (χ0v) is 15.1. The van der Waals surface area contributed by atoms with Gasteiger partial charge in [0.25, 0.3) is 0 Å². The van der Waals surface area contributed by atoms with E-state index in [9.17, 15) is 4.79 Å². The second-order valence-corrected chi connectivity index (χ2v) is 6.80. The first-order valence-corrected chi connectivity index (χ1v) is 9.22. The number of carbonyl (C=O) groups excluding carboxylic acids is 1. The van der Waals surface area contributed by atoms with Crippen LogP contribution in [0.25, 0.3) is 0 Å². The number of likely N-dealkylation sites (tertiary alicyclic amines) is 1. The van der Waals surface area contributed by atoms with Gasteiger partial charge in [0.15, 0.2) is 0 Å². The van der Waals surface area contributed by atoms with Crippen LogP contribution in [-0.4, -0.2) is 37.0 Å². The average Bonchev–Trinajstić information content (AvgIpc) is 2.69. The summed E-state index contributed by atoms with van der Waals surface area (Å²) in [6.07, 6.45) is 2.16. The molecule has 1 fully saturated rings. The minimum Gasteiger partial charge on any atom is -0.489 e. The fraction of sp³-hybridized carbons (Fsp3) is 0.381. The van der Waals surface area contributed by atoms with Gasteiger partial charge in [0.2, 0.25) is 5.91 Å². The summed E-state index contributed by atoms with van der Waals surface area (Å²) in [7, 11) is 0. The first kappa shape index (κ1) is 18.4. The molecule has 1 heterocycles. The van der Waals surface area contributed by atoms with E-state index in [-0.39, 0.29) is 5.91 Å². The molecule has 0 aliphatic carbocycles. The van der Waals surface area contributed by atoms with Crippen LogP contribution in [0.5, 0.6) is 5.75 Å². The molecule has 1 saturated heterocycles. The first-order chi connectivity index (χ1) is 12.7. The Morgan fingerprint density at radius 1 is 1.08 bits per heavy atom. The van der Waals surface area contributed by atoms with Crippen molar-refractivity contribution >= 4 is 11.6 Å². The molecular weight excluding hydrogens is 326 g/mol. The number of nitrogens with zero attached hydrogens (tertiary/aromatic N) is 1. The number of hydrogen-bond acceptors (Lipinski definition) is 4. The summed E-state index contributed by atoms with van der Waals surface area (Å²) in [4.78, 5) is 14.4. The Bertz CT molecular complexity index is 680. The molecule has 26 heavy (non-hydrogen) atoms. The van der Waals surface area contributed by atoms with E-state index in [1.54, 1.807) is 0 Å². The minimum atomic E-state index is 0.0224. The van der Waals surface area contributed by atoms with Crippen LogP contribution >= 0.6 is 0 Å². The number of nitrogens with one attached hydrogen (secondary N) is 1. The van der Waals surface area contributed by atoms with Crippen molar-refractivity contribution in [1.82, 2.24) is 4.90 Å². The van der Waals surface area contributed by atoms with Gasteiger partial charge in [-0.15, -0.1) is 0 Å². The molecule has 1 amide bonds. The molecule has 5 heteroatoms. The van der Waals surface area contributed by atoms with Crippen molar-refractivity contribution in [2.75, 3.05) is 31.5 Å². The number of carbonyl (C=O) groups is 1. The van der Waals surface area contributed by atoms with Crippen LogP contribution in [0.4, 0.5) is 5.69 Å². The number of ether oxygens (including phenoxy) is 1. The Balaban J connectivity index is 1.43. The maximum Gasteiger partial charge on any atom is 0.238 e. The van der Waals surface area contributed by atoms with Gasteiger partial charge in [0, 0.05) is 5.69 Å². The summed E-state index contributed by atoms with van der Waals surface area (Å²) in [5.41, 5.74) is 7.63. The fourth-order valence-electron chi connectivity index (χ4n) is 3.16. The summed E-state index contributed by atoms with van der Waals surface area (Å²) in [5, 5.41) is 2.95. The normalized spacial score (nSPS) is 15.6. The summed E-state index contributed by atoms with van der Waals surface area (Å²) in [6.45, 7) is 3.61. The quantitative estimate of drug-likeness (QED) is 0.803. The second kappa shape index (κ2) is 9.36. The van der Waals surface area contributed by atoms with Gasteiger partial charge in [-0.3, -0.25) is 9.69 Å². The third kappa shape index (κ3) is 5.58. The molecule has 0 aromatic heterocycles. The predicted octanol–water partition coefficient (Wildman–Crippen LogP) is 2.87. The van der Waals surface area contributed by atoms with Crippen LogP contribution in [0.1, 0.15) is 18.4 Å². The molecule has 2 aromatic carbocycles. The van der Waals surface area contributed by atoms with Crippen LogP contribution in [0.2, 0.25) is 0 Å². The lowest BCUT2D eigenvalue weighted by Gasteiger charge is -2.30. The molecule has 1 aliphatic rings. The first-order valence-electron chi connectivity index (χ1n) is 9.22. The lowest BCUT2D eigenvalue weighted by Crippen LogP contribution is -2.40. The number of amides is 1. The molecule has 0 spiro atoms. The molecule has 5 nitrogen and oxygen atoms in total. The van der Waals surface area contributed by atoms with E-state index < -0.39 is 0 Å². The number of nitrogens with two attached hydrogens (primary N) is 1. The highest BCUT2D eigenvalue weighted by Gasteiger charge is 2.19. The highest BCUT2D eigenvalue weighted by atomic mass is 16.5. The Hall–Kier alpha value is -2.37. The maximum atomic E-state index is 12.2. The average molecular weight is 353 g/mol. The van der Waals surface area contributed by atoms with Crippen molar-refractivity contribution in [2.45, 2.75) is 19.4 Å². The number of benzene rings is 2. The standard InChI is InChI=1S/C21H27N3O2/c22-14-17-10-12-24(13-11-17)15-21(25)23-19-6-8-20(9-7-19)26-16-18-4-2-1-3-5-18/h1-9,17H,10-16,22H2,(H,23,25). The van der Waals surface area contributed by atoms with Gasteiger partial charge in [0.1, 0.15) is 12.4 Å². The van der Waals surface area contributed by atoms with E-state index in [1.807, 2.05) is 54.6 Å². The Labute approximate surface area is 155 Å². The zero-order chi connectivity index (χ0) is 18.2. The molecule has 1 aliphatic heterocycles. The third-order valence-electron chi connectivity index (χ3n) is 4.79. The number of anilines is 1. The van der Waals surface area contributed by atoms with Crippen LogP contribution in [0, 0.1) is 5.92 Å². The third-order valence-corrected chi connectivity index (χ3v) is 4.79. The molecule has 2 aromatic rings. The van der Waals surface area contributed by atoms with Crippen LogP contribution < -0.4 is 15.8 Å². The molecule has 3 N–H and O–H groups in total. The van der Waals surface area contributed by atoms with Crippen LogP contribution in [0.3, 0.4) is 0 Å². The number of piperidine rings is 1. The summed E-state index contributed by atoms with van der Waals surface area (Å²) in [5.74, 6) is 1.42. The molecule has 138 valence electrons. The van der Waals surface area contributed by atoms with Crippen molar-refractivity contribution in [1.29, 1.82) is 0 Å². The van der Waals surface area contributed by atoms with Gasteiger partial charge in [0.05, 0.1) is 6.54 Å². The monoisotopic (exact) mass is 353 g/mol. The highest BCUT2D eigenvalue weighted by Crippen LogP contribution is 2.18. The summed E-state index contributed by atoms with van der Waals surface area (Å²) < 4.78 is 5.76. The highest BCUT2D eigenvalue weighted by molar-refractivity contribution is 5.92. The van der Waals surface area contributed by atoms with Gasteiger partial charge in [-0.1, -0.05) is 30.3 Å². The molecule has 0 radical (unpaired) electrons. The topological polar surface area (TPSA) is 67.6 Å². The van der Waals surface area contributed by atoms with Crippen molar-refractivity contribution in [3.63, 3.8) is 0 Å². The summed E-state index contributed by atoms with van der Waals surface area (Å²) >= 11 is 0. The van der Waals surface area contributed by atoms with Crippen molar-refractivity contribution < 1.29 is 9.53 Å². The molecule has 0 bridgehead atoms. The fourth-order valence-corrected chi connectivity index (χ4v) is 3.16. The molecular formula is C21H27N3O2. The van der Waals surface area contributed by atoms with Gasteiger partial charge < -0.3 is 15.8 Å². The maximum absolute atomic E-state index is 12.2. The molecule has 0 unspecified atom stereocenters. The predicted molar refractivity (Wildman–Crippen MR) is 104 cm³/mol. The number of hydrogen-bond donors (Lipinski definition) is 2. The lowest BCUT2D eigenvalue weighted by atomic mass is 9.97. The van der Waals surface area contributed by atoms with Crippen molar-refractivity contribution in [2.24, 2.45) is 11.7 Å². The van der Waals surface area contributed by atoms with E-state index in [4.69, 9.17) is 10.5 Å². The second-order valence-electron chi connectivity index (χ2n) is 6.80. The van der Waals surface area contributed by atoms with E-state index in [1.165, 1.54) is 0 Å². The van der Waals surface area contributed by atoms with Crippen LogP contribution in [-0.2, 0) is 11.4 Å². The van der Waals surface area contributed by atoms with Gasteiger partial charge in [-0.2, -0.15) is 0 Å². The molecule has 3 rings (SSSR count). The SMILES string of the molecule is NCC1CCN(CC(=O)Nc2ccc(OCc3ccccc3)cc2)CC1. The smallest absolute Gasteiger partial charge is 0.238 e. The van der Waals surface area contributed by atoms with Gasteiger partial charge >= 0.3 is 0 Å². The lowest BCUT2D eigenvalue weighted by molar-refractivity contribution is -0.117. The Morgan fingerprint density at radius 3 is 2.42 bits per heavy atom. The summed E-state index contributed by atoms with van der Waals surface area (Å²) in [6, 6.07) is 17.6. The Morgan fingerprint density at radius 2 is 1.77 bits per heavy atom.